The van der Waals surface area contributed by atoms with Crippen LogP contribution in [0.4, 0.5) is 26.3 Å². The Morgan fingerprint density at radius 3 is 2.19 bits per heavy atom. The van der Waals surface area contributed by atoms with Crippen LogP contribution in [0.3, 0.4) is 0 Å². The summed E-state index contributed by atoms with van der Waals surface area (Å²) in [6.45, 7) is 1.73. The minimum atomic E-state index is -4.71. The third-order valence-corrected chi connectivity index (χ3v) is 7.35. The molecule has 1 unspecified atom stereocenters. The van der Waals surface area contributed by atoms with E-state index in [0.29, 0.717) is 25.7 Å². The highest BCUT2D eigenvalue weighted by Crippen LogP contribution is 2.38. The first-order chi connectivity index (χ1) is 14.8. The number of aromatic nitrogens is 2. The normalized spacial score (nSPS) is 22.9. The van der Waals surface area contributed by atoms with E-state index in [9.17, 15) is 35.3 Å². The highest BCUT2D eigenvalue weighted by molar-refractivity contribution is 7.86. The van der Waals surface area contributed by atoms with Crippen LogP contribution in [0.1, 0.15) is 54.4 Å². The topological polar surface area (TPSA) is 72.0 Å². The lowest BCUT2D eigenvalue weighted by Gasteiger charge is -2.36. The monoisotopic (exact) mass is 479 g/mol. The minimum absolute atomic E-state index is 0.0895. The van der Waals surface area contributed by atoms with Crippen molar-refractivity contribution in [3.8, 4) is 0 Å². The molecule has 1 atom stereocenters. The molecule has 1 N–H and O–H groups in total. The van der Waals surface area contributed by atoms with Crippen molar-refractivity contribution in [2.24, 2.45) is 0 Å². The summed E-state index contributed by atoms with van der Waals surface area (Å²) in [4.78, 5) is 18.7. The predicted molar refractivity (Wildman–Crippen MR) is 103 cm³/mol. The SMILES string of the molecule is CC1(S(=O)c2cccc(C(F)(F)F)c2)CCC(NC(=O)c2cnc(C(F)(F)F)nc2)CC1. The maximum Gasteiger partial charge on any atom is 0.451 e. The Morgan fingerprint density at radius 1 is 1.06 bits per heavy atom. The van der Waals surface area contributed by atoms with Crippen LogP contribution in [0.15, 0.2) is 41.6 Å². The molecular formula is C20H19F6N3O2S. The van der Waals surface area contributed by atoms with Crippen molar-refractivity contribution < 1.29 is 35.3 Å². The van der Waals surface area contributed by atoms with Gasteiger partial charge in [0.05, 0.1) is 21.9 Å². The lowest BCUT2D eigenvalue weighted by molar-refractivity contribution is -0.145. The molecule has 0 bridgehead atoms. The minimum Gasteiger partial charge on any atom is -0.349 e. The molecule has 0 spiro atoms. The summed E-state index contributed by atoms with van der Waals surface area (Å²) >= 11 is 0. The van der Waals surface area contributed by atoms with Gasteiger partial charge in [0.2, 0.25) is 5.82 Å². The Hall–Kier alpha value is -2.50. The van der Waals surface area contributed by atoms with Crippen LogP contribution in [0, 0.1) is 0 Å². The molecule has 1 aromatic heterocycles. The molecule has 1 aliphatic rings. The molecule has 1 heterocycles. The average molecular weight is 479 g/mol. The van der Waals surface area contributed by atoms with Crippen LogP contribution in [-0.4, -0.2) is 30.9 Å². The van der Waals surface area contributed by atoms with Crippen LogP contribution in [-0.2, 0) is 23.2 Å². The van der Waals surface area contributed by atoms with Gasteiger partial charge < -0.3 is 5.32 Å². The van der Waals surface area contributed by atoms with E-state index in [-0.39, 0.29) is 16.5 Å². The highest BCUT2D eigenvalue weighted by atomic mass is 32.2. The van der Waals surface area contributed by atoms with Gasteiger partial charge >= 0.3 is 12.4 Å². The van der Waals surface area contributed by atoms with E-state index in [1.165, 1.54) is 12.1 Å². The van der Waals surface area contributed by atoms with E-state index < -0.39 is 45.2 Å². The number of rotatable bonds is 4. The van der Waals surface area contributed by atoms with E-state index in [4.69, 9.17) is 0 Å². The van der Waals surface area contributed by atoms with Crippen LogP contribution in [0.2, 0.25) is 0 Å². The van der Waals surface area contributed by atoms with Gasteiger partial charge in [0, 0.05) is 28.1 Å². The standard InChI is InChI=1S/C20H19F6N3O2S/c1-18(32(31)15-4-2-3-13(9-15)19(21,22)23)7-5-14(6-8-18)29-16(30)12-10-27-17(28-11-12)20(24,25)26/h2-4,9-11,14H,5-8H2,1H3,(H,29,30). The van der Waals surface area contributed by atoms with Gasteiger partial charge in [-0.05, 0) is 50.8 Å². The zero-order valence-electron chi connectivity index (χ0n) is 16.8. The maximum atomic E-state index is 13.0. The fourth-order valence-electron chi connectivity index (χ4n) is 3.49. The van der Waals surface area contributed by atoms with Crippen molar-refractivity contribution in [1.29, 1.82) is 0 Å². The Labute approximate surface area is 182 Å². The van der Waals surface area contributed by atoms with Crippen LogP contribution in [0.5, 0.6) is 0 Å². The Bertz CT molecular complexity index is 1000. The quantitative estimate of drug-likeness (QED) is 0.643. The number of nitrogens with one attached hydrogen (secondary N) is 1. The molecule has 174 valence electrons. The summed E-state index contributed by atoms with van der Waals surface area (Å²) in [5.74, 6) is -1.98. The van der Waals surface area contributed by atoms with Gasteiger partial charge in [0.15, 0.2) is 0 Å². The first-order valence-electron chi connectivity index (χ1n) is 9.59. The second-order valence-corrected chi connectivity index (χ2v) is 9.78. The second kappa shape index (κ2) is 8.80. The van der Waals surface area contributed by atoms with Crippen LogP contribution < -0.4 is 5.32 Å². The molecule has 3 rings (SSSR count). The Morgan fingerprint density at radius 2 is 1.66 bits per heavy atom. The summed E-state index contributed by atoms with van der Waals surface area (Å²) in [6.07, 6.45) is -6.08. The Kier molecular flexibility index (Phi) is 6.64. The number of carbonyl (C=O) groups is 1. The van der Waals surface area contributed by atoms with Gasteiger partial charge in [0.25, 0.3) is 5.91 Å². The smallest absolute Gasteiger partial charge is 0.349 e. The van der Waals surface area contributed by atoms with E-state index in [2.05, 4.69) is 15.3 Å². The van der Waals surface area contributed by atoms with Gasteiger partial charge in [-0.3, -0.25) is 9.00 Å². The van der Waals surface area contributed by atoms with Crippen molar-refractivity contribution in [2.45, 2.75) is 60.6 Å². The van der Waals surface area contributed by atoms with Gasteiger partial charge in [-0.25, -0.2) is 9.97 Å². The summed E-state index contributed by atoms with van der Waals surface area (Å²) in [5.41, 5.74) is -0.995. The highest BCUT2D eigenvalue weighted by Gasteiger charge is 2.39. The van der Waals surface area contributed by atoms with Crippen LogP contribution in [0.25, 0.3) is 0 Å². The van der Waals surface area contributed by atoms with Gasteiger partial charge in [0.1, 0.15) is 0 Å². The lowest BCUT2D eigenvalue weighted by Crippen LogP contribution is -2.44. The molecule has 2 aromatic rings. The zero-order valence-corrected chi connectivity index (χ0v) is 17.6. The first-order valence-corrected chi connectivity index (χ1v) is 10.7. The molecule has 1 aliphatic carbocycles. The Balaban J connectivity index is 1.61. The van der Waals surface area contributed by atoms with E-state index in [1.54, 1.807) is 6.92 Å². The number of amides is 1. The van der Waals surface area contributed by atoms with Crippen molar-refractivity contribution in [1.82, 2.24) is 15.3 Å². The number of alkyl halides is 6. The number of benzene rings is 1. The molecule has 0 aliphatic heterocycles. The number of hydrogen-bond acceptors (Lipinski definition) is 4. The molecule has 1 fully saturated rings. The fourth-order valence-corrected chi connectivity index (χ4v) is 5.10. The number of carbonyl (C=O) groups excluding carboxylic acids is 1. The lowest BCUT2D eigenvalue weighted by atomic mass is 9.86. The molecular weight excluding hydrogens is 460 g/mol. The summed E-state index contributed by atoms with van der Waals surface area (Å²) < 4.78 is 88.7. The van der Waals surface area contributed by atoms with Crippen molar-refractivity contribution in [3.05, 3.63) is 53.6 Å². The molecule has 12 heteroatoms. The zero-order chi connectivity index (χ0) is 23.7. The molecule has 32 heavy (non-hydrogen) atoms. The third kappa shape index (κ3) is 5.45. The molecule has 0 radical (unpaired) electrons. The number of halogens is 6. The summed E-state index contributed by atoms with van der Waals surface area (Å²) in [6, 6.07) is 4.10. The average Bonchev–Trinajstić information content (AvgIpc) is 2.74. The summed E-state index contributed by atoms with van der Waals surface area (Å²) in [7, 11) is -1.69. The summed E-state index contributed by atoms with van der Waals surface area (Å²) in [5, 5.41) is 2.69. The van der Waals surface area contributed by atoms with Crippen LogP contribution >= 0.6 is 0 Å². The number of nitrogens with zero attached hydrogens (tertiary/aromatic N) is 2. The van der Waals surface area contributed by atoms with E-state index >= 15 is 0 Å². The molecule has 5 nitrogen and oxygen atoms in total. The second-order valence-electron chi connectivity index (χ2n) is 7.79. The first kappa shape index (κ1) is 24.1. The van der Waals surface area contributed by atoms with Gasteiger partial charge in [-0.2, -0.15) is 26.3 Å². The van der Waals surface area contributed by atoms with Gasteiger partial charge in [-0.15, -0.1) is 0 Å². The third-order valence-electron chi connectivity index (χ3n) is 5.37. The number of hydrogen-bond donors (Lipinski definition) is 1. The van der Waals surface area contributed by atoms with Gasteiger partial charge in [-0.1, -0.05) is 6.07 Å². The van der Waals surface area contributed by atoms with E-state index in [1.807, 2.05) is 0 Å². The largest absolute Gasteiger partial charge is 0.451 e. The maximum absolute atomic E-state index is 13.0. The molecule has 1 aromatic carbocycles. The van der Waals surface area contributed by atoms with Crippen molar-refractivity contribution in [3.63, 3.8) is 0 Å². The predicted octanol–water partition coefficient (Wildman–Crippen LogP) is 4.75. The molecule has 0 saturated heterocycles. The molecule has 1 saturated carbocycles. The van der Waals surface area contributed by atoms with Crippen molar-refractivity contribution >= 4 is 16.7 Å². The molecule has 1 amide bonds. The fraction of sp³-hybridized carbons (Fsp3) is 0.450. The van der Waals surface area contributed by atoms with Crippen molar-refractivity contribution in [2.75, 3.05) is 0 Å². The van der Waals surface area contributed by atoms with E-state index in [0.717, 1.165) is 24.5 Å².